The van der Waals surface area contributed by atoms with Crippen molar-refractivity contribution in [3.05, 3.63) is 24.3 Å². The standard InChI is InChI=1S/C12H18N2O3/c1-16-7-5-12(15)14-10-3-2-4-11(9-10)17-8-6-13/h2-4,9H,5-8,13H2,1H3,(H,14,15). The zero-order valence-electron chi connectivity index (χ0n) is 9.94. The average molecular weight is 238 g/mol. The Labute approximate surface area is 101 Å². The van der Waals surface area contributed by atoms with Crippen molar-refractivity contribution in [1.29, 1.82) is 0 Å². The van der Waals surface area contributed by atoms with Gasteiger partial charge in [-0.15, -0.1) is 0 Å². The Bertz CT molecular complexity index is 355. The number of amides is 1. The monoisotopic (exact) mass is 238 g/mol. The number of nitrogens with one attached hydrogen (secondary N) is 1. The molecule has 0 spiro atoms. The molecule has 0 aliphatic heterocycles. The van der Waals surface area contributed by atoms with Crippen LogP contribution in [0.1, 0.15) is 6.42 Å². The number of hydrogen-bond acceptors (Lipinski definition) is 4. The molecule has 94 valence electrons. The van der Waals surface area contributed by atoms with Gasteiger partial charge in [0.25, 0.3) is 0 Å². The molecule has 0 aromatic heterocycles. The van der Waals surface area contributed by atoms with Crippen LogP contribution in [0.5, 0.6) is 5.75 Å². The lowest BCUT2D eigenvalue weighted by Crippen LogP contribution is -2.14. The number of nitrogens with two attached hydrogens (primary N) is 1. The van der Waals surface area contributed by atoms with Crippen LogP contribution in [0.4, 0.5) is 5.69 Å². The Morgan fingerprint density at radius 3 is 2.94 bits per heavy atom. The second kappa shape index (κ2) is 7.65. The van der Waals surface area contributed by atoms with E-state index in [0.29, 0.717) is 37.6 Å². The number of benzene rings is 1. The van der Waals surface area contributed by atoms with Gasteiger partial charge in [0, 0.05) is 25.4 Å². The van der Waals surface area contributed by atoms with Crippen molar-refractivity contribution < 1.29 is 14.3 Å². The van der Waals surface area contributed by atoms with Gasteiger partial charge in [-0.1, -0.05) is 6.07 Å². The van der Waals surface area contributed by atoms with E-state index in [-0.39, 0.29) is 5.91 Å². The van der Waals surface area contributed by atoms with Gasteiger partial charge in [0.05, 0.1) is 13.0 Å². The quantitative estimate of drug-likeness (QED) is 0.743. The molecule has 0 bridgehead atoms. The summed E-state index contributed by atoms with van der Waals surface area (Å²) in [7, 11) is 1.56. The van der Waals surface area contributed by atoms with Crippen LogP contribution in [0, 0.1) is 0 Å². The molecule has 0 unspecified atom stereocenters. The first kappa shape index (κ1) is 13.5. The zero-order valence-corrected chi connectivity index (χ0v) is 9.94. The molecule has 1 aromatic carbocycles. The molecule has 1 aromatic rings. The first-order valence-corrected chi connectivity index (χ1v) is 5.48. The fourth-order valence-corrected chi connectivity index (χ4v) is 1.26. The third-order valence-corrected chi connectivity index (χ3v) is 2.04. The van der Waals surface area contributed by atoms with Crippen LogP contribution >= 0.6 is 0 Å². The lowest BCUT2D eigenvalue weighted by molar-refractivity contribution is -0.117. The molecular formula is C12H18N2O3. The zero-order chi connectivity index (χ0) is 12.5. The van der Waals surface area contributed by atoms with Crippen molar-refractivity contribution in [3.8, 4) is 5.75 Å². The smallest absolute Gasteiger partial charge is 0.226 e. The van der Waals surface area contributed by atoms with E-state index in [4.69, 9.17) is 15.2 Å². The van der Waals surface area contributed by atoms with Gasteiger partial charge in [-0.05, 0) is 12.1 Å². The van der Waals surface area contributed by atoms with Gasteiger partial charge in [-0.2, -0.15) is 0 Å². The maximum Gasteiger partial charge on any atom is 0.226 e. The third kappa shape index (κ3) is 5.33. The highest BCUT2D eigenvalue weighted by molar-refractivity contribution is 5.90. The minimum absolute atomic E-state index is 0.0807. The highest BCUT2D eigenvalue weighted by atomic mass is 16.5. The number of carbonyl (C=O) groups is 1. The second-order valence-corrected chi connectivity index (χ2v) is 3.46. The summed E-state index contributed by atoms with van der Waals surface area (Å²) in [6.07, 6.45) is 0.338. The Kier molecular flexibility index (Phi) is 6.06. The normalized spacial score (nSPS) is 10.0. The van der Waals surface area contributed by atoms with Gasteiger partial charge >= 0.3 is 0 Å². The Morgan fingerprint density at radius 2 is 2.24 bits per heavy atom. The van der Waals surface area contributed by atoms with Crippen molar-refractivity contribution in [3.63, 3.8) is 0 Å². The van der Waals surface area contributed by atoms with Crippen molar-refractivity contribution in [2.45, 2.75) is 6.42 Å². The van der Waals surface area contributed by atoms with Crippen LogP contribution in [-0.4, -0.2) is 32.8 Å². The van der Waals surface area contributed by atoms with E-state index in [2.05, 4.69) is 5.32 Å². The fraction of sp³-hybridized carbons (Fsp3) is 0.417. The summed E-state index contributed by atoms with van der Waals surface area (Å²) in [5.74, 6) is 0.614. The Hall–Kier alpha value is -1.59. The number of ether oxygens (including phenoxy) is 2. The van der Waals surface area contributed by atoms with Crippen molar-refractivity contribution in [1.82, 2.24) is 0 Å². The Balaban J connectivity index is 2.50. The number of carbonyl (C=O) groups excluding carboxylic acids is 1. The highest BCUT2D eigenvalue weighted by Crippen LogP contribution is 2.17. The van der Waals surface area contributed by atoms with Gasteiger partial charge < -0.3 is 20.5 Å². The molecule has 1 amide bonds. The number of hydrogen-bond donors (Lipinski definition) is 2. The lowest BCUT2D eigenvalue weighted by atomic mass is 10.3. The summed E-state index contributed by atoms with van der Waals surface area (Å²) >= 11 is 0. The highest BCUT2D eigenvalue weighted by Gasteiger charge is 2.02. The van der Waals surface area contributed by atoms with E-state index in [1.807, 2.05) is 12.1 Å². The molecule has 0 aliphatic rings. The van der Waals surface area contributed by atoms with Gasteiger partial charge in [0.15, 0.2) is 0 Å². The van der Waals surface area contributed by atoms with Crippen LogP contribution in [0.2, 0.25) is 0 Å². The van der Waals surface area contributed by atoms with E-state index >= 15 is 0 Å². The van der Waals surface area contributed by atoms with Crippen LogP contribution in [0.25, 0.3) is 0 Å². The summed E-state index contributed by atoms with van der Waals surface area (Å²) in [5.41, 5.74) is 6.05. The number of methoxy groups -OCH3 is 1. The maximum atomic E-state index is 11.4. The van der Waals surface area contributed by atoms with Gasteiger partial charge in [-0.3, -0.25) is 4.79 Å². The molecule has 0 saturated carbocycles. The minimum Gasteiger partial charge on any atom is -0.492 e. The van der Waals surface area contributed by atoms with E-state index < -0.39 is 0 Å². The first-order chi connectivity index (χ1) is 8.26. The topological polar surface area (TPSA) is 73.6 Å². The fourth-order valence-electron chi connectivity index (χ4n) is 1.26. The molecule has 5 heteroatoms. The lowest BCUT2D eigenvalue weighted by Gasteiger charge is -2.08. The summed E-state index contributed by atoms with van der Waals surface area (Å²) in [6.45, 7) is 1.33. The van der Waals surface area contributed by atoms with Crippen LogP contribution in [0.15, 0.2) is 24.3 Å². The van der Waals surface area contributed by atoms with Crippen molar-refractivity contribution in [2.24, 2.45) is 5.73 Å². The molecule has 0 aliphatic carbocycles. The molecule has 0 fully saturated rings. The molecule has 0 saturated heterocycles. The van der Waals surface area contributed by atoms with Crippen molar-refractivity contribution >= 4 is 11.6 Å². The number of anilines is 1. The molecule has 5 nitrogen and oxygen atoms in total. The molecule has 0 heterocycles. The summed E-state index contributed by atoms with van der Waals surface area (Å²) in [5, 5.41) is 2.76. The van der Waals surface area contributed by atoms with Crippen LogP contribution < -0.4 is 15.8 Å². The van der Waals surface area contributed by atoms with E-state index in [0.717, 1.165) is 0 Å². The summed E-state index contributed by atoms with van der Waals surface area (Å²) < 4.78 is 10.2. The second-order valence-electron chi connectivity index (χ2n) is 3.46. The first-order valence-electron chi connectivity index (χ1n) is 5.48. The largest absolute Gasteiger partial charge is 0.492 e. The van der Waals surface area contributed by atoms with Gasteiger partial charge in [0.1, 0.15) is 12.4 Å². The molecule has 0 atom stereocenters. The SMILES string of the molecule is COCCC(=O)Nc1cccc(OCCN)c1. The minimum atomic E-state index is -0.0807. The van der Waals surface area contributed by atoms with Gasteiger partial charge in [0.2, 0.25) is 5.91 Å². The van der Waals surface area contributed by atoms with E-state index in [1.54, 1.807) is 19.2 Å². The van der Waals surface area contributed by atoms with Crippen LogP contribution in [0.3, 0.4) is 0 Å². The molecular weight excluding hydrogens is 220 g/mol. The maximum absolute atomic E-state index is 11.4. The number of rotatable bonds is 7. The molecule has 17 heavy (non-hydrogen) atoms. The predicted octanol–water partition coefficient (Wildman–Crippen LogP) is 0.999. The third-order valence-electron chi connectivity index (χ3n) is 2.04. The average Bonchev–Trinajstić information content (AvgIpc) is 2.34. The van der Waals surface area contributed by atoms with Crippen LogP contribution in [-0.2, 0) is 9.53 Å². The molecule has 1 rings (SSSR count). The Morgan fingerprint density at radius 1 is 1.41 bits per heavy atom. The van der Waals surface area contributed by atoms with E-state index in [9.17, 15) is 4.79 Å². The van der Waals surface area contributed by atoms with Crippen molar-refractivity contribution in [2.75, 3.05) is 32.2 Å². The molecule has 3 N–H and O–H groups in total. The predicted molar refractivity (Wildman–Crippen MR) is 66.1 cm³/mol. The summed E-state index contributed by atoms with van der Waals surface area (Å²) in [6, 6.07) is 7.21. The summed E-state index contributed by atoms with van der Waals surface area (Å²) in [4.78, 5) is 11.4. The van der Waals surface area contributed by atoms with E-state index in [1.165, 1.54) is 0 Å². The molecule has 0 radical (unpaired) electrons. The van der Waals surface area contributed by atoms with Gasteiger partial charge in [-0.25, -0.2) is 0 Å².